The molecular weight excluding hydrogens is 325 g/mol. The van der Waals surface area contributed by atoms with E-state index in [4.69, 9.17) is 9.47 Å². The van der Waals surface area contributed by atoms with Crippen LogP contribution in [0.4, 0.5) is 4.39 Å². The van der Waals surface area contributed by atoms with Crippen LogP contribution in [0.5, 0.6) is 5.75 Å². The molecule has 0 radical (unpaired) electrons. The van der Waals surface area contributed by atoms with Crippen molar-refractivity contribution in [3.05, 3.63) is 65.0 Å². The Morgan fingerprint density at radius 1 is 1.08 bits per heavy atom. The second-order valence-electron chi connectivity index (χ2n) is 5.85. The molecule has 0 saturated heterocycles. The third-order valence-electron chi connectivity index (χ3n) is 4.14. The van der Waals surface area contributed by atoms with Crippen molar-refractivity contribution in [3.8, 4) is 5.75 Å². The fourth-order valence-electron chi connectivity index (χ4n) is 2.63. The Labute approximate surface area is 145 Å². The molecule has 1 atom stereocenters. The first kappa shape index (κ1) is 17.1. The highest BCUT2D eigenvalue weighted by molar-refractivity contribution is 6.21. The predicted molar refractivity (Wildman–Crippen MR) is 89.0 cm³/mol. The number of hydrogen-bond donors (Lipinski definition) is 0. The summed E-state index contributed by atoms with van der Waals surface area (Å²) in [5.41, 5.74) is 1.05. The average molecular weight is 343 g/mol. The van der Waals surface area contributed by atoms with E-state index in [1.165, 1.54) is 24.1 Å². The highest BCUT2D eigenvalue weighted by atomic mass is 19.1. The lowest BCUT2D eigenvalue weighted by Gasteiger charge is -2.17. The Morgan fingerprint density at radius 3 is 2.52 bits per heavy atom. The highest BCUT2D eigenvalue weighted by Gasteiger charge is 2.36. The summed E-state index contributed by atoms with van der Waals surface area (Å²) in [4.78, 5) is 26.0. The molecule has 0 fully saturated rings. The molecule has 2 aromatic carbocycles. The maximum absolute atomic E-state index is 13.6. The van der Waals surface area contributed by atoms with Gasteiger partial charge in [-0.05, 0) is 31.2 Å². The second kappa shape index (κ2) is 7.03. The van der Waals surface area contributed by atoms with E-state index in [1.807, 2.05) is 0 Å². The van der Waals surface area contributed by atoms with Crippen molar-refractivity contribution in [2.24, 2.45) is 0 Å². The molecule has 1 aliphatic heterocycles. The maximum Gasteiger partial charge on any atom is 0.261 e. The van der Waals surface area contributed by atoms with Crippen molar-refractivity contribution in [3.63, 3.8) is 0 Å². The van der Waals surface area contributed by atoms with Gasteiger partial charge in [0.1, 0.15) is 18.2 Å². The quantitative estimate of drug-likeness (QED) is 0.757. The van der Waals surface area contributed by atoms with Crippen molar-refractivity contribution in [2.75, 3.05) is 13.7 Å². The number of ether oxygens (including phenoxy) is 2. The molecule has 0 spiro atoms. The zero-order valence-electron chi connectivity index (χ0n) is 14.0. The molecule has 1 heterocycles. The summed E-state index contributed by atoms with van der Waals surface area (Å²) in [6.45, 7) is 2.01. The molecule has 0 aliphatic carbocycles. The van der Waals surface area contributed by atoms with Gasteiger partial charge in [0.25, 0.3) is 11.8 Å². The third kappa shape index (κ3) is 3.39. The van der Waals surface area contributed by atoms with Crippen LogP contribution >= 0.6 is 0 Å². The van der Waals surface area contributed by atoms with E-state index in [-0.39, 0.29) is 36.9 Å². The van der Waals surface area contributed by atoms with Crippen LogP contribution in [0.3, 0.4) is 0 Å². The Morgan fingerprint density at radius 2 is 1.80 bits per heavy atom. The predicted octanol–water partition coefficient (Wildman–Crippen LogP) is 3.04. The van der Waals surface area contributed by atoms with Crippen molar-refractivity contribution in [1.82, 2.24) is 4.90 Å². The lowest BCUT2D eigenvalue weighted by Crippen LogP contribution is -2.36. The van der Waals surface area contributed by atoms with Gasteiger partial charge < -0.3 is 9.47 Å². The highest BCUT2D eigenvalue weighted by Crippen LogP contribution is 2.27. The molecule has 6 heteroatoms. The van der Waals surface area contributed by atoms with Crippen molar-refractivity contribution < 1.29 is 23.5 Å². The minimum Gasteiger partial charge on any atom is -0.489 e. The number of benzene rings is 2. The van der Waals surface area contributed by atoms with E-state index in [1.54, 1.807) is 37.3 Å². The molecule has 1 aliphatic rings. The zero-order chi connectivity index (χ0) is 18.0. The van der Waals surface area contributed by atoms with Crippen LogP contribution in [0.1, 0.15) is 33.2 Å². The van der Waals surface area contributed by atoms with Crippen LogP contribution in [0.15, 0.2) is 42.5 Å². The molecule has 25 heavy (non-hydrogen) atoms. The number of methoxy groups -OCH3 is 1. The molecule has 0 saturated carbocycles. The summed E-state index contributed by atoms with van der Waals surface area (Å²) in [6.07, 6.45) is -0.251. The molecule has 2 amide bonds. The zero-order valence-corrected chi connectivity index (χ0v) is 14.0. The van der Waals surface area contributed by atoms with Gasteiger partial charge in [-0.3, -0.25) is 14.5 Å². The van der Waals surface area contributed by atoms with Crippen molar-refractivity contribution in [1.29, 1.82) is 0 Å². The summed E-state index contributed by atoms with van der Waals surface area (Å²) in [6, 6.07) is 11.0. The third-order valence-corrected chi connectivity index (χ3v) is 4.14. The standard InChI is InChI=1S/C19H18FNO4/c1-12(24-2)10-21-18(22)15-8-7-14(9-16(15)19(21)23)25-11-13-5-3-4-6-17(13)20/h3-9,12H,10-11H2,1-2H3. The molecule has 2 aromatic rings. The molecule has 1 unspecified atom stereocenters. The molecule has 130 valence electrons. The fourth-order valence-corrected chi connectivity index (χ4v) is 2.63. The smallest absolute Gasteiger partial charge is 0.261 e. The van der Waals surface area contributed by atoms with E-state index in [9.17, 15) is 14.0 Å². The van der Waals surface area contributed by atoms with Gasteiger partial charge in [-0.2, -0.15) is 0 Å². The number of carbonyl (C=O) groups is 2. The first-order chi connectivity index (χ1) is 12.0. The molecule has 0 aromatic heterocycles. The lowest BCUT2D eigenvalue weighted by atomic mass is 10.1. The van der Waals surface area contributed by atoms with Gasteiger partial charge in [0.2, 0.25) is 0 Å². The Balaban J connectivity index is 1.77. The van der Waals surface area contributed by atoms with E-state index < -0.39 is 0 Å². The van der Waals surface area contributed by atoms with Gasteiger partial charge in [0.05, 0.1) is 23.8 Å². The number of fused-ring (bicyclic) bond motifs is 1. The van der Waals surface area contributed by atoms with Crippen LogP contribution in [0.2, 0.25) is 0 Å². The van der Waals surface area contributed by atoms with Gasteiger partial charge in [0, 0.05) is 12.7 Å². The number of hydrogen-bond acceptors (Lipinski definition) is 4. The number of amides is 2. The van der Waals surface area contributed by atoms with Crippen molar-refractivity contribution >= 4 is 11.8 Å². The van der Waals surface area contributed by atoms with Gasteiger partial charge in [-0.1, -0.05) is 18.2 Å². The van der Waals surface area contributed by atoms with E-state index in [2.05, 4.69) is 0 Å². The van der Waals surface area contributed by atoms with Crippen molar-refractivity contribution in [2.45, 2.75) is 19.6 Å². The number of nitrogens with zero attached hydrogens (tertiary/aromatic N) is 1. The van der Waals surface area contributed by atoms with E-state index in [0.717, 1.165) is 0 Å². The van der Waals surface area contributed by atoms with Crippen LogP contribution in [0.25, 0.3) is 0 Å². The molecule has 5 nitrogen and oxygen atoms in total. The normalized spacial score (nSPS) is 14.6. The SMILES string of the molecule is COC(C)CN1C(=O)c2ccc(OCc3ccccc3F)cc2C1=O. The molecular formula is C19H18FNO4. The summed E-state index contributed by atoms with van der Waals surface area (Å²) in [5, 5.41) is 0. The van der Waals surface area contributed by atoms with Gasteiger partial charge in [0.15, 0.2) is 0 Å². The summed E-state index contributed by atoms with van der Waals surface area (Å²) < 4.78 is 24.3. The van der Waals surface area contributed by atoms with E-state index in [0.29, 0.717) is 22.4 Å². The second-order valence-corrected chi connectivity index (χ2v) is 5.85. The van der Waals surface area contributed by atoms with Crippen LogP contribution in [-0.2, 0) is 11.3 Å². The first-order valence-corrected chi connectivity index (χ1v) is 7.90. The fraction of sp³-hybridized carbons (Fsp3) is 0.263. The largest absolute Gasteiger partial charge is 0.489 e. The topological polar surface area (TPSA) is 55.8 Å². The summed E-state index contributed by atoms with van der Waals surface area (Å²) in [7, 11) is 1.53. The number of imide groups is 1. The monoisotopic (exact) mass is 343 g/mol. The van der Waals surface area contributed by atoms with Crippen LogP contribution < -0.4 is 4.74 Å². The molecule has 3 rings (SSSR count). The van der Waals surface area contributed by atoms with Crippen LogP contribution in [-0.4, -0.2) is 36.5 Å². The van der Waals surface area contributed by atoms with Gasteiger partial charge in [-0.25, -0.2) is 4.39 Å². The van der Waals surface area contributed by atoms with E-state index >= 15 is 0 Å². The number of halogens is 1. The first-order valence-electron chi connectivity index (χ1n) is 7.90. The summed E-state index contributed by atoms with van der Waals surface area (Å²) >= 11 is 0. The Hall–Kier alpha value is -2.73. The van der Waals surface area contributed by atoms with Crippen LogP contribution in [0, 0.1) is 5.82 Å². The Kier molecular flexibility index (Phi) is 4.81. The lowest BCUT2D eigenvalue weighted by molar-refractivity contribution is 0.0484. The number of rotatable bonds is 6. The average Bonchev–Trinajstić information content (AvgIpc) is 2.85. The Bertz CT molecular complexity index is 821. The number of carbonyl (C=O) groups excluding carboxylic acids is 2. The minimum atomic E-state index is -0.375. The van der Waals surface area contributed by atoms with Gasteiger partial charge >= 0.3 is 0 Å². The maximum atomic E-state index is 13.6. The molecule has 0 bridgehead atoms. The minimum absolute atomic E-state index is 0.0397. The van der Waals surface area contributed by atoms with Gasteiger partial charge in [-0.15, -0.1) is 0 Å². The summed E-state index contributed by atoms with van der Waals surface area (Å²) in [5.74, 6) is -0.663. The molecule has 0 N–H and O–H groups in total.